The molecule has 93 valence electrons. The first-order chi connectivity index (χ1) is 6.74. The van der Waals surface area contributed by atoms with Crippen LogP contribution in [0, 0.1) is 0 Å². The Morgan fingerprint density at radius 2 is 1.65 bits per heavy atom. The van der Waals surface area contributed by atoms with Gasteiger partial charge >= 0.3 is 26.2 Å². The average Bonchev–Trinajstić information content (AvgIpc) is 2.66. The summed E-state index contributed by atoms with van der Waals surface area (Å²) in [5, 5.41) is 2.66. The van der Waals surface area contributed by atoms with E-state index < -0.39 is 9.04 Å². The smallest absolute Gasteiger partial charge is 1.00 e. The molecule has 2 aromatic carbocycles. The summed E-state index contributed by atoms with van der Waals surface area (Å²) >= 11 is 0. The van der Waals surface area contributed by atoms with Gasteiger partial charge in [-0.15, -0.1) is 29.7 Å². The van der Waals surface area contributed by atoms with E-state index in [0.29, 0.717) is 0 Å². The molecule has 0 fully saturated rings. The third-order valence-corrected chi connectivity index (χ3v) is 5.79. The molecular formula is C11H17Cl2OSi2Zr. The number of hydrogen-bond acceptors (Lipinski definition) is 1. The second kappa shape index (κ2) is 13.1. The fourth-order valence-corrected chi connectivity index (χ4v) is 1.07. The van der Waals surface area contributed by atoms with Crippen molar-refractivity contribution in [2.75, 3.05) is 0 Å². The van der Waals surface area contributed by atoms with Crippen molar-refractivity contribution >= 4 is 30.3 Å². The quantitative estimate of drug-likeness (QED) is 0.359. The zero-order valence-corrected chi connectivity index (χ0v) is 17.4. The van der Waals surface area contributed by atoms with Crippen LogP contribution in [0.2, 0.25) is 13.1 Å². The molecule has 0 aliphatic heterocycles. The summed E-state index contributed by atoms with van der Waals surface area (Å²) in [6.07, 6.45) is 0. The van der Waals surface area contributed by atoms with Gasteiger partial charge in [-0.2, -0.15) is 17.5 Å². The Morgan fingerprint density at radius 3 is 2.12 bits per heavy atom. The van der Waals surface area contributed by atoms with Crippen LogP contribution < -0.4 is 24.8 Å². The van der Waals surface area contributed by atoms with Crippen molar-refractivity contribution in [3.63, 3.8) is 0 Å². The van der Waals surface area contributed by atoms with Gasteiger partial charge in [0, 0.05) is 0 Å². The predicted octanol–water partition coefficient (Wildman–Crippen LogP) is -4.17. The molecule has 0 aliphatic rings. The van der Waals surface area contributed by atoms with Crippen LogP contribution >= 0.6 is 0 Å². The van der Waals surface area contributed by atoms with Gasteiger partial charge < -0.3 is 28.9 Å². The monoisotopic (exact) mass is 381 g/mol. The molecule has 6 heteroatoms. The molecule has 0 N–H and O–H groups in total. The second-order valence-corrected chi connectivity index (χ2v) is 7.42. The van der Waals surface area contributed by atoms with Crippen LogP contribution in [-0.4, -0.2) is 19.5 Å². The van der Waals surface area contributed by atoms with E-state index in [1.807, 2.05) is 0 Å². The van der Waals surface area contributed by atoms with E-state index in [2.05, 4.69) is 55.6 Å². The summed E-state index contributed by atoms with van der Waals surface area (Å²) in [5.41, 5.74) is 0. The molecule has 0 saturated heterocycles. The number of hydrogen-bond donors (Lipinski definition) is 0. The largest absolute Gasteiger partial charge is 3.00 e. The maximum Gasteiger partial charge on any atom is 3.00 e. The van der Waals surface area contributed by atoms with Gasteiger partial charge in [0.1, 0.15) is 10.5 Å². The summed E-state index contributed by atoms with van der Waals surface area (Å²) < 4.78 is 5.03. The SMILES string of the molecule is C[SiH](C)O[SiH3].[Cl-].[Cl-].[Zr+3].c1ccc2[cH-]ccc2c1. The Morgan fingerprint density at radius 1 is 1.12 bits per heavy atom. The Balaban J connectivity index is -0.000000222. The minimum Gasteiger partial charge on any atom is -1.00 e. The van der Waals surface area contributed by atoms with Crippen LogP contribution in [-0.2, 0) is 30.3 Å². The predicted molar refractivity (Wildman–Crippen MR) is 69.4 cm³/mol. The molecule has 0 unspecified atom stereocenters. The average molecular weight is 384 g/mol. The zero-order chi connectivity index (χ0) is 10.4. The van der Waals surface area contributed by atoms with Crippen LogP contribution in [0.25, 0.3) is 10.8 Å². The van der Waals surface area contributed by atoms with Gasteiger partial charge in [0.2, 0.25) is 0 Å². The van der Waals surface area contributed by atoms with E-state index in [1.54, 1.807) is 0 Å². The zero-order valence-electron chi connectivity index (χ0n) is 10.3. The van der Waals surface area contributed by atoms with Crippen molar-refractivity contribution in [2.45, 2.75) is 13.1 Å². The standard InChI is InChI=1S/C9H7.C2H10OSi2.2ClH.Zr/c1-2-5-9-7-3-6-8(9)4-1;1-5(2)3-4;;;/h1-7H;5H,1-2,4H3;2*1H;/q-1;;;;+3/p-2. The first kappa shape index (κ1) is 22.8. The van der Waals surface area contributed by atoms with Crippen LogP contribution in [0.15, 0.2) is 42.5 Å². The molecule has 0 amide bonds. The van der Waals surface area contributed by atoms with E-state index >= 15 is 0 Å². The van der Waals surface area contributed by atoms with Crippen molar-refractivity contribution in [2.24, 2.45) is 0 Å². The molecular weight excluding hydrogens is 366 g/mol. The number of rotatable bonds is 1. The third-order valence-electron chi connectivity index (χ3n) is 2.02. The fourth-order valence-electron chi connectivity index (χ4n) is 1.07. The minimum absolute atomic E-state index is 0. The molecule has 2 rings (SSSR count). The molecule has 0 heterocycles. The number of halogens is 2. The summed E-state index contributed by atoms with van der Waals surface area (Å²) in [7, 11) is 0.347. The number of benzene rings is 1. The molecule has 17 heavy (non-hydrogen) atoms. The van der Waals surface area contributed by atoms with E-state index in [9.17, 15) is 0 Å². The second-order valence-electron chi connectivity index (χ2n) is 3.44. The van der Waals surface area contributed by atoms with E-state index in [4.69, 9.17) is 4.12 Å². The van der Waals surface area contributed by atoms with Crippen molar-refractivity contribution in [1.82, 2.24) is 0 Å². The van der Waals surface area contributed by atoms with Crippen LogP contribution in [0.4, 0.5) is 0 Å². The van der Waals surface area contributed by atoms with E-state index in [1.165, 1.54) is 10.8 Å². The van der Waals surface area contributed by atoms with E-state index in [0.717, 1.165) is 10.5 Å². The van der Waals surface area contributed by atoms with Crippen molar-refractivity contribution in [3.05, 3.63) is 42.5 Å². The topological polar surface area (TPSA) is 9.23 Å². The summed E-state index contributed by atoms with van der Waals surface area (Å²) in [6, 6.07) is 14.7. The fraction of sp³-hybridized carbons (Fsp3) is 0.182. The molecule has 1 nitrogen and oxygen atoms in total. The van der Waals surface area contributed by atoms with E-state index in [-0.39, 0.29) is 51.0 Å². The summed E-state index contributed by atoms with van der Waals surface area (Å²) in [4.78, 5) is 0. The molecule has 0 aromatic heterocycles. The molecule has 0 atom stereocenters. The Bertz CT molecular complexity index is 352. The Labute approximate surface area is 140 Å². The molecule has 0 aliphatic carbocycles. The molecule has 0 spiro atoms. The van der Waals surface area contributed by atoms with Crippen LogP contribution in [0.3, 0.4) is 0 Å². The van der Waals surface area contributed by atoms with Crippen molar-refractivity contribution in [1.29, 1.82) is 0 Å². The Kier molecular flexibility index (Phi) is 17.6. The van der Waals surface area contributed by atoms with Gasteiger partial charge in [0.05, 0.1) is 0 Å². The minimum atomic E-state index is -0.588. The van der Waals surface area contributed by atoms with Crippen LogP contribution in [0.1, 0.15) is 0 Å². The van der Waals surface area contributed by atoms with Gasteiger partial charge in [-0.3, -0.25) is 0 Å². The van der Waals surface area contributed by atoms with Crippen molar-refractivity contribution in [3.8, 4) is 0 Å². The molecule has 1 radical (unpaired) electrons. The third kappa shape index (κ3) is 9.29. The van der Waals surface area contributed by atoms with Gasteiger partial charge in [0.25, 0.3) is 0 Å². The van der Waals surface area contributed by atoms with Crippen molar-refractivity contribution < 1.29 is 55.1 Å². The van der Waals surface area contributed by atoms with Crippen LogP contribution in [0.5, 0.6) is 0 Å². The van der Waals surface area contributed by atoms with Gasteiger partial charge in [-0.25, -0.2) is 0 Å². The van der Waals surface area contributed by atoms with Gasteiger partial charge in [0.15, 0.2) is 9.04 Å². The molecule has 0 bridgehead atoms. The summed E-state index contributed by atoms with van der Waals surface area (Å²) in [6.45, 7) is 4.35. The van der Waals surface area contributed by atoms with Gasteiger partial charge in [-0.1, -0.05) is 6.07 Å². The normalized spacial score (nSPS) is 8.41. The Hall–Kier alpha value is 0.687. The maximum atomic E-state index is 5.03. The summed E-state index contributed by atoms with van der Waals surface area (Å²) in [5.74, 6) is 0. The van der Waals surface area contributed by atoms with Gasteiger partial charge in [-0.05, 0) is 13.1 Å². The maximum absolute atomic E-state index is 5.03. The first-order valence-electron chi connectivity index (χ1n) is 4.87. The number of fused-ring (bicyclic) bond motifs is 1. The molecule has 2 aromatic rings. The first-order valence-corrected chi connectivity index (χ1v) is 8.47. The molecule has 0 saturated carbocycles.